The third-order valence-electron chi connectivity index (χ3n) is 5.11. The Hall–Kier alpha value is -1.70. The molecule has 1 heterocycles. The summed E-state index contributed by atoms with van der Waals surface area (Å²) in [6, 6.07) is 14.5. The molecule has 0 spiro atoms. The largest absolute Gasteiger partial charge is 0.368 e. The average molecular weight is 487 g/mol. The molecule has 1 saturated heterocycles. The number of benzene rings is 3. The van der Waals surface area contributed by atoms with Gasteiger partial charge in [-0.3, -0.25) is 4.72 Å². The molecule has 0 bridgehead atoms. The van der Waals surface area contributed by atoms with Crippen molar-refractivity contribution >= 4 is 67.8 Å². The first-order valence-electron chi connectivity index (χ1n) is 9.33. The third kappa shape index (κ3) is 4.48. The molecule has 160 valence electrons. The molecule has 1 aliphatic rings. The highest BCUT2D eigenvalue weighted by molar-refractivity contribution is 7.92. The highest BCUT2D eigenvalue weighted by Crippen LogP contribution is 2.35. The maximum atomic E-state index is 13.1. The van der Waals surface area contributed by atoms with Crippen molar-refractivity contribution in [3.63, 3.8) is 0 Å². The van der Waals surface area contributed by atoms with Gasteiger partial charge in [0.25, 0.3) is 10.0 Å². The second-order valence-corrected chi connectivity index (χ2v) is 9.52. The number of anilines is 2. The number of aryl methyl sites for hydroxylation is 1. The number of fused-ring (bicyclic) bond motifs is 1. The van der Waals surface area contributed by atoms with Gasteiger partial charge in [0.15, 0.2) is 0 Å². The molecule has 2 N–H and O–H groups in total. The number of nitrogens with one attached hydrogen (secondary N) is 2. The molecule has 1 aliphatic heterocycles. The number of hydrogen-bond donors (Lipinski definition) is 2. The fraction of sp³-hybridized carbons (Fsp3) is 0.238. The lowest BCUT2D eigenvalue weighted by atomic mass is 10.1. The van der Waals surface area contributed by atoms with E-state index in [9.17, 15) is 8.42 Å². The molecular weight excluding hydrogens is 465 g/mol. The molecule has 3 aromatic carbocycles. The fourth-order valence-corrected chi connectivity index (χ4v) is 5.50. The van der Waals surface area contributed by atoms with Gasteiger partial charge in [-0.15, -0.1) is 12.4 Å². The second-order valence-electron chi connectivity index (χ2n) is 7.05. The van der Waals surface area contributed by atoms with Crippen molar-refractivity contribution in [3.8, 4) is 0 Å². The van der Waals surface area contributed by atoms with E-state index >= 15 is 0 Å². The molecule has 0 aliphatic carbocycles. The summed E-state index contributed by atoms with van der Waals surface area (Å²) in [6.07, 6.45) is 0. The molecule has 9 heteroatoms. The molecule has 0 saturated carbocycles. The Morgan fingerprint density at radius 1 is 0.967 bits per heavy atom. The smallest absolute Gasteiger partial charge is 0.263 e. The van der Waals surface area contributed by atoms with Crippen molar-refractivity contribution < 1.29 is 8.42 Å². The fourth-order valence-electron chi connectivity index (χ4n) is 3.59. The Morgan fingerprint density at radius 3 is 2.33 bits per heavy atom. The first kappa shape index (κ1) is 23.0. The van der Waals surface area contributed by atoms with E-state index in [4.69, 9.17) is 23.2 Å². The first-order chi connectivity index (χ1) is 13.9. The van der Waals surface area contributed by atoms with Gasteiger partial charge in [-0.2, -0.15) is 0 Å². The molecule has 1 fully saturated rings. The Bertz CT molecular complexity index is 1180. The van der Waals surface area contributed by atoms with E-state index in [1.807, 2.05) is 36.4 Å². The molecular formula is C21H22Cl3N3O2S. The Labute approximate surface area is 192 Å². The Balaban J connectivity index is 0.00000256. The molecule has 0 unspecified atom stereocenters. The van der Waals surface area contributed by atoms with Gasteiger partial charge in [0.1, 0.15) is 4.90 Å². The molecule has 5 nitrogen and oxygen atoms in total. The van der Waals surface area contributed by atoms with Crippen LogP contribution in [0.2, 0.25) is 10.0 Å². The zero-order valence-electron chi connectivity index (χ0n) is 16.3. The van der Waals surface area contributed by atoms with Crippen LogP contribution in [0.1, 0.15) is 5.56 Å². The molecule has 0 aromatic heterocycles. The Kier molecular flexibility index (Phi) is 7.05. The zero-order chi connectivity index (χ0) is 20.6. The lowest BCUT2D eigenvalue weighted by Crippen LogP contribution is -2.43. The number of sulfonamides is 1. The highest BCUT2D eigenvalue weighted by atomic mass is 35.5. The number of hydrogen-bond acceptors (Lipinski definition) is 4. The lowest BCUT2D eigenvalue weighted by molar-refractivity contribution is 0.590. The van der Waals surface area contributed by atoms with Crippen molar-refractivity contribution in [3.05, 3.63) is 64.1 Å². The summed E-state index contributed by atoms with van der Waals surface area (Å²) in [5.41, 5.74) is 2.27. The lowest BCUT2D eigenvalue weighted by Gasteiger charge is -2.30. The van der Waals surface area contributed by atoms with E-state index in [0.29, 0.717) is 16.3 Å². The zero-order valence-corrected chi connectivity index (χ0v) is 19.4. The molecule has 0 amide bonds. The molecule has 0 radical (unpaired) electrons. The predicted molar refractivity (Wildman–Crippen MR) is 128 cm³/mol. The van der Waals surface area contributed by atoms with Gasteiger partial charge in [-0.25, -0.2) is 8.42 Å². The van der Waals surface area contributed by atoms with Crippen LogP contribution >= 0.6 is 35.6 Å². The monoisotopic (exact) mass is 485 g/mol. The van der Waals surface area contributed by atoms with Crippen LogP contribution in [0.3, 0.4) is 0 Å². The standard InChI is InChI=1S/C21H21Cl2N3O2S.ClH/c1-14-12-21(18(23)13-17(14)22)29(27,28)25-19-6-7-20(26-10-8-24-9-11-26)16-5-3-2-4-15(16)19;/h2-7,12-13,24-25H,8-11H2,1H3;1H. The van der Waals surface area contributed by atoms with E-state index in [1.165, 1.54) is 12.1 Å². The molecule has 0 atom stereocenters. The van der Waals surface area contributed by atoms with Crippen LogP contribution in [0.15, 0.2) is 53.4 Å². The van der Waals surface area contributed by atoms with Gasteiger partial charge in [-0.05, 0) is 36.8 Å². The number of rotatable bonds is 4. The third-order valence-corrected chi connectivity index (χ3v) is 7.34. The number of nitrogens with zero attached hydrogens (tertiary/aromatic N) is 1. The maximum Gasteiger partial charge on any atom is 0.263 e. The average Bonchev–Trinajstić information content (AvgIpc) is 2.71. The quantitative estimate of drug-likeness (QED) is 0.539. The van der Waals surface area contributed by atoms with Crippen molar-refractivity contribution in [2.24, 2.45) is 0 Å². The maximum absolute atomic E-state index is 13.1. The van der Waals surface area contributed by atoms with Gasteiger partial charge < -0.3 is 10.2 Å². The van der Waals surface area contributed by atoms with Gasteiger partial charge in [0, 0.05) is 47.7 Å². The number of piperazine rings is 1. The summed E-state index contributed by atoms with van der Waals surface area (Å²) in [5, 5.41) is 5.72. The van der Waals surface area contributed by atoms with Gasteiger partial charge in [0.05, 0.1) is 10.7 Å². The van der Waals surface area contributed by atoms with Crippen LogP contribution in [-0.2, 0) is 10.0 Å². The van der Waals surface area contributed by atoms with Gasteiger partial charge in [-0.1, -0.05) is 47.5 Å². The minimum atomic E-state index is -3.88. The topological polar surface area (TPSA) is 61.4 Å². The van der Waals surface area contributed by atoms with Crippen molar-refractivity contribution in [1.82, 2.24) is 5.32 Å². The summed E-state index contributed by atoms with van der Waals surface area (Å²) < 4.78 is 28.8. The molecule has 30 heavy (non-hydrogen) atoms. The first-order valence-corrected chi connectivity index (χ1v) is 11.6. The van der Waals surface area contributed by atoms with E-state index in [1.54, 1.807) is 6.92 Å². The van der Waals surface area contributed by atoms with Crippen LogP contribution in [0.4, 0.5) is 11.4 Å². The Morgan fingerprint density at radius 2 is 1.63 bits per heavy atom. The van der Waals surface area contributed by atoms with E-state index in [2.05, 4.69) is 14.9 Å². The SMILES string of the molecule is Cc1cc(S(=O)(=O)Nc2ccc(N3CCNCC3)c3ccccc23)c(Cl)cc1Cl.Cl. The summed E-state index contributed by atoms with van der Waals surface area (Å²) in [7, 11) is -3.88. The van der Waals surface area contributed by atoms with Gasteiger partial charge in [0.2, 0.25) is 0 Å². The van der Waals surface area contributed by atoms with Crippen molar-refractivity contribution in [1.29, 1.82) is 0 Å². The van der Waals surface area contributed by atoms with Crippen molar-refractivity contribution in [2.75, 3.05) is 35.8 Å². The summed E-state index contributed by atoms with van der Waals surface area (Å²) in [5.74, 6) is 0. The summed E-state index contributed by atoms with van der Waals surface area (Å²) >= 11 is 12.2. The van der Waals surface area contributed by atoms with Crippen LogP contribution < -0.4 is 14.9 Å². The highest BCUT2D eigenvalue weighted by Gasteiger charge is 2.22. The minimum absolute atomic E-state index is 0. The predicted octanol–water partition coefficient (Wildman–Crippen LogP) is 5.09. The number of halogens is 3. The van der Waals surface area contributed by atoms with Crippen LogP contribution in [0.5, 0.6) is 0 Å². The van der Waals surface area contributed by atoms with E-state index in [0.717, 1.165) is 42.6 Å². The summed E-state index contributed by atoms with van der Waals surface area (Å²) in [4.78, 5) is 2.33. The van der Waals surface area contributed by atoms with Crippen LogP contribution in [0.25, 0.3) is 10.8 Å². The minimum Gasteiger partial charge on any atom is -0.368 e. The normalized spacial score (nSPS) is 14.4. The summed E-state index contributed by atoms with van der Waals surface area (Å²) in [6.45, 7) is 5.42. The van der Waals surface area contributed by atoms with Crippen molar-refractivity contribution in [2.45, 2.75) is 11.8 Å². The van der Waals surface area contributed by atoms with Crippen LogP contribution in [0, 0.1) is 6.92 Å². The van der Waals surface area contributed by atoms with Gasteiger partial charge >= 0.3 is 0 Å². The molecule has 3 aromatic rings. The molecule has 4 rings (SSSR count). The second kappa shape index (κ2) is 9.20. The van der Waals surface area contributed by atoms with E-state index in [-0.39, 0.29) is 22.3 Å². The van der Waals surface area contributed by atoms with E-state index < -0.39 is 10.0 Å². The van der Waals surface area contributed by atoms with Crippen LogP contribution in [-0.4, -0.2) is 34.6 Å².